The van der Waals surface area contributed by atoms with E-state index in [1.54, 1.807) is 30.3 Å². The number of hydrogen-bond acceptors (Lipinski definition) is 2. The van der Waals surface area contributed by atoms with E-state index < -0.39 is 5.97 Å². The molecule has 0 fully saturated rings. The highest BCUT2D eigenvalue weighted by atomic mass is 35.5. The topological polar surface area (TPSA) is 49.3 Å². The van der Waals surface area contributed by atoms with Gasteiger partial charge in [-0.25, -0.2) is 4.79 Å². The maximum absolute atomic E-state index is 11.2. The summed E-state index contributed by atoms with van der Waals surface area (Å²) >= 11 is 11.7. The van der Waals surface area contributed by atoms with Gasteiger partial charge in [0, 0.05) is 15.7 Å². The van der Waals surface area contributed by atoms with Gasteiger partial charge in [-0.15, -0.1) is 0 Å². The van der Waals surface area contributed by atoms with E-state index in [9.17, 15) is 4.79 Å². The van der Waals surface area contributed by atoms with Crippen molar-refractivity contribution in [1.29, 1.82) is 0 Å². The van der Waals surface area contributed by atoms with Gasteiger partial charge in [0.25, 0.3) is 0 Å². The predicted molar refractivity (Wildman–Crippen MR) is 77.9 cm³/mol. The molecule has 0 saturated carbocycles. The van der Waals surface area contributed by atoms with Gasteiger partial charge in [-0.2, -0.15) is 0 Å². The van der Waals surface area contributed by atoms with Crippen LogP contribution in [0.1, 0.15) is 15.9 Å². The van der Waals surface area contributed by atoms with Crippen LogP contribution in [0.2, 0.25) is 10.0 Å². The molecular weight excluding hydrogens is 285 g/mol. The van der Waals surface area contributed by atoms with Crippen molar-refractivity contribution >= 4 is 40.5 Å². The maximum atomic E-state index is 11.2. The van der Waals surface area contributed by atoms with Crippen molar-refractivity contribution in [2.75, 3.05) is 5.32 Å². The number of benzene rings is 2. The summed E-state index contributed by atoms with van der Waals surface area (Å²) in [5.41, 5.74) is 2.34. The minimum atomic E-state index is -1.03. The Morgan fingerprint density at radius 2 is 1.63 bits per heavy atom. The number of carboxylic acid groups (broad SMARTS) is 1. The second-order valence-corrected chi connectivity index (χ2v) is 4.95. The van der Waals surface area contributed by atoms with Gasteiger partial charge >= 0.3 is 5.97 Å². The van der Waals surface area contributed by atoms with Crippen LogP contribution in [0.5, 0.6) is 0 Å². The standard InChI is InChI=1S/C14H11Cl2NO2/c1-8-6-9(15)2-4-12(8)17-13-5-3-10(16)7-11(13)14(18)19/h2-7,17H,1H3,(H,18,19). The first-order valence-electron chi connectivity index (χ1n) is 5.53. The molecule has 0 aliphatic carbocycles. The van der Waals surface area contributed by atoms with Gasteiger partial charge in [0.1, 0.15) is 0 Å². The molecule has 19 heavy (non-hydrogen) atoms. The molecule has 0 amide bonds. The van der Waals surface area contributed by atoms with Gasteiger partial charge in [-0.1, -0.05) is 23.2 Å². The minimum Gasteiger partial charge on any atom is -0.478 e. The molecule has 0 radical (unpaired) electrons. The van der Waals surface area contributed by atoms with Gasteiger partial charge < -0.3 is 10.4 Å². The van der Waals surface area contributed by atoms with E-state index in [2.05, 4.69) is 5.32 Å². The number of nitrogens with one attached hydrogen (secondary N) is 1. The highest BCUT2D eigenvalue weighted by molar-refractivity contribution is 6.31. The molecule has 0 heterocycles. The number of aromatic carboxylic acids is 1. The molecule has 5 heteroatoms. The van der Waals surface area contributed by atoms with E-state index in [-0.39, 0.29) is 5.56 Å². The van der Waals surface area contributed by atoms with Crippen molar-refractivity contribution in [2.24, 2.45) is 0 Å². The molecule has 2 N–H and O–H groups in total. The van der Waals surface area contributed by atoms with Crippen molar-refractivity contribution in [3.05, 3.63) is 57.6 Å². The third-order valence-electron chi connectivity index (χ3n) is 2.67. The van der Waals surface area contributed by atoms with Crippen molar-refractivity contribution in [3.8, 4) is 0 Å². The Morgan fingerprint density at radius 1 is 1.05 bits per heavy atom. The number of carbonyl (C=O) groups is 1. The zero-order chi connectivity index (χ0) is 14.0. The van der Waals surface area contributed by atoms with Crippen molar-refractivity contribution in [1.82, 2.24) is 0 Å². The number of hydrogen-bond donors (Lipinski definition) is 2. The fourth-order valence-electron chi connectivity index (χ4n) is 1.71. The highest BCUT2D eigenvalue weighted by Gasteiger charge is 2.11. The fourth-order valence-corrected chi connectivity index (χ4v) is 2.11. The summed E-state index contributed by atoms with van der Waals surface area (Å²) in [5, 5.41) is 13.3. The Morgan fingerprint density at radius 3 is 2.21 bits per heavy atom. The average molecular weight is 296 g/mol. The van der Waals surface area contributed by atoms with Gasteiger partial charge in [0.15, 0.2) is 0 Å². The molecule has 2 aromatic carbocycles. The van der Waals surface area contributed by atoms with E-state index in [0.29, 0.717) is 15.7 Å². The number of rotatable bonds is 3. The zero-order valence-corrected chi connectivity index (χ0v) is 11.6. The molecule has 0 spiro atoms. The first-order valence-corrected chi connectivity index (χ1v) is 6.29. The lowest BCUT2D eigenvalue weighted by Gasteiger charge is -2.12. The van der Waals surface area contributed by atoms with E-state index >= 15 is 0 Å². The van der Waals surface area contributed by atoms with E-state index in [4.69, 9.17) is 28.3 Å². The van der Waals surface area contributed by atoms with Gasteiger partial charge in [-0.05, 0) is 48.9 Å². The van der Waals surface area contributed by atoms with Crippen LogP contribution in [-0.4, -0.2) is 11.1 Å². The lowest BCUT2D eigenvalue weighted by Crippen LogP contribution is -2.03. The zero-order valence-electron chi connectivity index (χ0n) is 10.1. The molecular formula is C14H11Cl2NO2. The van der Waals surface area contributed by atoms with Crippen LogP contribution >= 0.6 is 23.2 Å². The van der Waals surface area contributed by atoms with Crippen LogP contribution in [0.25, 0.3) is 0 Å². The molecule has 3 nitrogen and oxygen atoms in total. The van der Waals surface area contributed by atoms with E-state index in [0.717, 1.165) is 11.3 Å². The Kier molecular flexibility index (Phi) is 3.98. The molecule has 0 unspecified atom stereocenters. The molecule has 98 valence electrons. The van der Waals surface area contributed by atoms with Crippen LogP contribution < -0.4 is 5.32 Å². The van der Waals surface area contributed by atoms with Crippen LogP contribution in [0, 0.1) is 6.92 Å². The molecule has 0 saturated heterocycles. The van der Waals surface area contributed by atoms with Crippen molar-refractivity contribution in [3.63, 3.8) is 0 Å². The lowest BCUT2D eigenvalue weighted by atomic mass is 10.1. The largest absolute Gasteiger partial charge is 0.478 e. The minimum absolute atomic E-state index is 0.127. The monoisotopic (exact) mass is 295 g/mol. The Labute approximate surface area is 120 Å². The van der Waals surface area contributed by atoms with Crippen molar-refractivity contribution < 1.29 is 9.90 Å². The highest BCUT2D eigenvalue weighted by Crippen LogP contribution is 2.27. The summed E-state index contributed by atoms with van der Waals surface area (Å²) in [6, 6.07) is 10.0. The number of aryl methyl sites for hydroxylation is 1. The quantitative estimate of drug-likeness (QED) is 0.859. The summed E-state index contributed by atoms with van der Waals surface area (Å²) in [6.45, 7) is 1.89. The molecule has 0 bridgehead atoms. The molecule has 0 aliphatic heterocycles. The van der Waals surface area contributed by atoms with Crippen LogP contribution in [0.3, 0.4) is 0 Å². The average Bonchev–Trinajstić information content (AvgIpc) is 2.34. The van der Waals surface area contributed by atoms with Gasteiger partial charge in [-0.3, -0.25) is 0 Å². The van der Waals surface area contributed by atoms with E-state index in [1.807, 2.05) is 6.92 Å². The summed E-state index contributed by atoms with van der Waals surface area (Å²) in [7, 11) is 0. The van der Waals surface area contributed by atoms with Gasteiger partial charge in [0.2, 0.25) is 0 Å². The first kappa shape index (κ1) is 13.7. The smallest absolute Gasteiger partial charge is 0.337 e. The summed E-state index contributed by atoms with van der Waals surface area (Å²) < 4.78 is 0. The predicted octanol–water partition coefficient (Wildman–Crippen LogP) is 4.74. The Hall–Kier alpha value is -1.71. The molecule has 0 aliphatic rings. The second kappa shape index (κ2) is 5.51. The Balaban J connectivity index is 2.40. The maximum Gasteiger partial charge on any atom is 0.337 e. The summed E-state index contributed by atoms with van der Waals surface area (Å²) in [5.74, 6) is -1.03. The third-order valence-corrected chi connectivity index (χ3v) is 3.14. The molecule has 2 rings (SSSR count). The summed E-state index contributed by atoms with van der Waals surface area (Å²) in [6.07, 6.45) is 0. The summed E-state index contributed by atoms with van der Waals surface area (Å²) in [4.78, 5) is 11.2. The number of carboxylic acids is 1. The number of anilines is 2. The third kappa shape index (κ3) is 3.19. The van der Waals surface area contributed by atoms with E-state index in [1.165, 1.54) is 6.07 Å². The SMILES string of the molecule is Cc1cc(Cl)ccc1Nc1ccc(Cl)cc1C(=O)O. The fraction of sp³-hybridized carbons (Fsp3) is 0.0714. The second-order valence-electron chi connectivity index (χ2n) is 4.08. The van der Waals surface area contributed by atoms with Crippen LogP contribution in [-0.2, 0) is 0 Å². The molecule has 0 aromatic heterocycles. The Bertz CT molecular complexity index is 641. The lowest BCUT2D eigenvalue weighted by molar-refractivity contribution is 0.0698. The molecule has 2 aromatic rings. The van der Waals surface area contributed by atoms with Crippen LogP contribution in [0.15, 0.2) is 36.4 Å². The van der Waals surface area contributed by atoms with Crippen molar-refractivity contribution in [2.45, 2.75) is 6.92 Å². The number of halogens is 2. The van der Waals surface area contributed by atoms with Gasteiger partial charge in [0.05, 0.1) is 11.3 Å². The molecule has 0 atom stereocenters. The first-order chi connectivity index (χ1) is 8.97. The normalized spacial score (nSPS) is 10.3. The van der Waals surface area contributed by atoms with Crippen LogP contribution in [0.4, 0.5) is 11.4 Å².